The van der Waals surface area contributed by atoms with Crippen molar-refractivity contribution < 1.29 is 5.11 Å². The second-order valence-corrected chi connectivity index (χ2v) is 5.00. The smallest absolute Gasteiger partial charge is 0.110 e. The van der Waals surface area contributed by atoms with Crippen LogP contribution in [0.4, 0.5) is 0 Å². The van der Waals surface area contributed by atoms with E-state index in [0.29, 0.717) is 6.04 Å². The van der Waals surface area contributed by atoms with Gasteiger partial charge in [0, 0.05) is 12.0 Å². The summed E-state index contributed by atoms with van der Waals surface area (Å²) in [7, 11) is 5.77. The Morgan fingerprint density at radius 3 is 1.93 bits per heavy atom. The molecule has 0 fully saturated rings. The maximum atomic E-state index is 9.97. The van der Waals surface area contributed by atoms with E-state index in [9.17, 15) is 5.11 Å². The zero-order chi connectivity index (χ0) is 11.5. The molecule has 0 heterocycles. The summed E-state index contributed by atoms with van der Waals surface area (Å²) < 4.78 is 0. The first kappa shape index (κ1) is 13.9. The minimum Gasteiger partial charge on any atom is -0.378 e. The summed E-state index contributed by atoms with van der Waals surface area (Å²) in [5.41, 5.74) is 0.0679. The van der Waals surface area contributed by atoms with Gasteiger partial charge in [-0.25, -0.2) is 0 Å². The predicted molar refractivity (Wildman–Crippen MR) is 61.2 cm³/mol. The van der Waals surface area contributed by atoms with Gasteiger partial charge in [-0.05, 0) is 33.5 Å². The maximum absolute atomic E-state index is 9.97. The molecule has 2 N–H and O–H groups in total. The van der Waals surface area contributed by atoms with Crippen LogP contribution in [-0.4, -0.2) is 43.4 Å². The molecule has 0 aromatic heterocycles. The maximum Gasteiger partial charge on any atom is 0.110 e. The molecule has 0 aromatic rings. The van der Waals surface area contributed by atoms with Gasteiger partial charge in [0.25, 0.3) is 0 Å². The lowest BCUT2D eigenvalue weighted by Crippen LogP contribution is -2.49. The molecule has 0 aromatic carbocycles. The van der Waals surface area contributed by atoms with Gasteiger partial charge in [0.15, 0.2) is 0 Å². The standard InChI is InChI=1S/C11H26N2O/c1-8(10(14)13(6)7)11(3,4)9(2)12-5/h8-10,12,14H,1-7H3. The predicted octanol–water partition coefficient (Wildman–Crippen LogP) is 1.14. The van der Waals surface area contributed by atoms with Crippen molar-refractivity contribution in [1.29, 1.82) is 0 Å². The molecule has 0 saturated carbocycles. The molecule has 0 amide bonds. The third-order valence-electron chi connectivity index (χ3n) is 3.70. The minimum absolute atomic E-state index is 0.0679. The van der Waals surface area contributed by atoms with Crippen LogP contribution in [0.5, 0.6) is 0 Å². The Labute approximate surface area is 88.5 Å². The number of nitrogens with one attached hydrogen (secondary N) is 1. The fourth-order valence-corrected chi connectivity index (χ4v) is 1.60. The van der Waals surface area contributed by atoms with Crippen LogP contribution in [0.15, 0.2) is 0 Å². The summed E-state index contributed by atoms with van der Waals surface area (Å²) in [6.45, 7) is 8.62. The monoisotopic (exact) mass is 202 g/mol. The van der Waals surface area contributed by atoms with E-state index in [1.54, 1.807) is 0 Å². The molecular formula is C11H26N2O. The van der Waals surface area contributed by atoms with Gasteiger partial charge in [-0.2, -0.15) is 0 Å². The van der Waals surface area contributed by atoms with Gasteiger partial charge in [0.05, 0.1) is 0 Å². The van der Waals surface area contributed by atoms with Crippen LogP contribution in [0, 0.1) is 11.3 Å². The Morgan fingerprint density at radius 1 is 1.21 bits per heavy atom. The molecule has 3 nitrogen and oxygen atoms in total. The van der Waals surface area contributed by atoms with Gasteiger partial charge in [-0.1, -0.05) is 20.8 Å². The van der Waals surface area contributed by atoms with Crippen molar-refractivity contribution in [3.63, 3.8) is 0 Å². The number of nitrogens with zero attached hydrogens (tertiary/aromatic N) is 1. The van der Waals surface area contributed by atoms with Crippen LogP contribution in [0.1, 0.15) is 27.7 Å². The van der Waals surface area contributed by atoms with E-state index in [4.69, 9.17) is 0 Å². The van der Waals surface area contributed by atoms with Crippen LogP contribution in [0.3, 0.4) is 0 Å². The van der Waals surface area contributed by atoms with E-state index in [2.05, 4.69) is 33.0 Å². The first-order chi connectivity index (χ1) is 6.25. The lowest BCUT2D eigenvalue weighted by atomic mass is 9.73. The van der Waals surface area contributed by atoms with Gasteiger partial charge >= 0.3 is 0 Å². The van der Waals surface area contributed by atoms with Crippen LogP contribution >= 0.6 is 0 Å². The van der Waals surface area contributed by atoms with Crippen LogP contribution in [0.25, 0.3) is 0 Å². The molecule has 0 spiro atoms. The summed E-state index contributed by atoms with van der Waals surface area (Å²) in [6.07, 6.45) is -0.388. The molecular weight excluding hydrogens is 176 g/mol. The summed E-state index contributed by atoms with van der Waals surface area (Å²) >= 11 is 0. The Hall–Kier alpha value is -0.120. The van der Waals surface area contributed by atoms with E-state index in [0.717, 1.165) is 0 Å². The molecule has 0 aliphatic rings. The quantitative estimate of drug-likeness (QED) is 0.656. The normalized spacial score (nSPS) is 19.5. The van der Waals surface area contributed by atoms with Crippen molar-refractivity contribution in [2.24, 2.45) is 11.3 Å². The number of hydrogen-bond donors (Lipinski definition) is 2. The van der Waals surface area contributed by atoms with Crippen molar-refractivity contribution in [1.82, 2.24) is 10.2 Å². The van der Waals surface area contributed by atoms with Crippen LogP contribution < -0.4 is 5.32 Å². The molecule has 3 unspecified atom stereocenters. The SMILES string of the molecule is CNC(C)C(C)(C)C(C)C(O)N(C)C. The summed E-state index contributed by atoms with van der Waals surface area (Å²) in [4.78, 5) is 1.86. The summed E-state index contributed by atoms with van der Waals surface area (Å²) in [5, 5.41) is 13.2. The molecule has 0 radical (unpaired) electrons. The van der Waals surface area contributed by atoms with E-state index in [1.807, 2.05) is 26.0 Å². The largest absolute Gasteiger partial charge is 0.378 e. The van der Waals surface area contributed by atoms with Gasteiger partial charge in [-0.3, -0.25) is 4.90 Å². The zero-order valence-electron chi connectivity index (χ0n) is 10.6. The number of hydrogen-bond acceptors (Lipinski definition) is 3. The minimum atomic E-state index is -0.388. The van der Waals surface area contributed by atoms with Crippen LogP contribution in [-0.2, 0) is 0 Å². The van der Waals surface area contributed by atoms with Gasteiger partial charge in [-0.15, -0.1) is 0 Å². The third kappa shape index (κ3) is 2.94. The first-order valence-electron chi connectivity index (χ1n) is 5.26. The highest BCUT2D eigenvalue weighted by molar-refractivity contribution is 4.87. The lowest BCUT2D eigenvalue weighted by Gasteiger charge is -2.41. The summed E-state index contributed by atoms with van der Waals surface area (Å²) in [6, 6.07) is 0.382. The van der Waals surface area contributed by atoms with Crippen LogP contribution in [0.2, 0.25) is 0 Å². The Kier molecular flexibility index (Phi) is 5.06. The van der Waals surface area contributed by atoms with Crippen molar-refractivity contribution in [3.8, 4) is 0 Å². The molecule has 3 atom stereocenters. The van der Waals surface area contributed by atoms with Gasteiger partial charge in [0.2, 0.25) is 0 Å². The van der Waals surface area contributed by atoms with Gasteiger partial charge in [0.1, 0.15) is 6.23 Å². The first-order valence-corrected chi connectivity index (χ1v) is 5.26. The summed E-state index contributed by atoms with van der Waals surface area (Å²) in [5.74, 6) is 0.222. The molecule has 0 bridgehead atoms. The molecule has 14 heavy (non-hydrogen) atoms. The second kappa shape index (κ2) is 5.10. The molecule has 3 heteroatoms. The average molecular weight is 202 g/mol. The van der Waals surface area contributed by atoms with Crippen molar-refractivity contribution in [2.45, 2.75) is 40.0 Å². The Balaban J connectivity index is 4.56. The van der Waals surface area contributed by atoms with E-state index in [-0.39, 0.29) is 17.6 Å². The molecule has 0 saturated heterocycles. The van der Waals surface area contributed by atoms with E-state index < -0.39 is 0 Å². The average Bonchev–Trinajstić information content (AvgIpc) is 2.13. The number of rotatable bonds is 5. The highest BCUT2D eigenvalue weighted by atomic mass is 16.3. The number of aliphatic hydroxyl groups is 1. The highest BCUT2D eigenvalue weighted by Gasteiger charge is 2.36. The van der Waals surface area contributed by atoms with Crippen molar-refractivity contribution in [3.05, 3.63) is 0 Å². The van der Waals surface area contributed by atoms with Gasteiger partial charge < -0.3 is 10.4 Å². The number of aliphatic hydroxyl groups excluding tert-OH is 1. The molecule has 0 aliphatic carbocycles. The second-order valence-electron chi connectivity index (χ2n) is 5.00. The molecule has 0 aliphatic heterocycles. The van der Waals surface area contributed by atoms with E-state index in [1.165, 1.54) is 0 Å². The van der Waals surface area contributed by atoms with Crippen molar-refractivity contribution in [2.75, 3.05) is 21.1 Å². The third-order valence-corrected chi connectivity index (χ3v) is 3.70. The van der Waals surface area contributed by atoms with E-state index >= 15 is 0 Å². The zero-order valence-corrected chi connectivity index (χ0v) is 10.6. The fourth-order valence-electron chi connectivity index (χ4n) is 1.60. The Morgan fingerprint density at radius 2 is 1.64 bits per heavy atom. The lowest BCUT2D eigenvalue weighted by molar-refractivity contribution is -0.0546. The Bertz CT molecular complexity index is 169. The van der Waals surface area contributed by atoms with Crippen molar-refractivity contribution >= 4 is 0 Å². The molecule has 86 valence electrons. The highest BCUT2D eigenvalue weighted by Crippen LogP contribution is 2.33. The topological polar surface area (TPSA) is 35.5 Å². The molecule has 0 rings (SSSR count). The fraction of sp³-hybridized carbons (Fsp3) is 1.00.